The summed E-state index contributed by atoms with van der Waals surface area (Å²) in [7, 11) is 0. The number of rotatable bonds is 6. The molecule has 1 aromatic carbocycles. The second-order valence-electron chi connectivity index (χ2n) is 7.01. The Bertz CT molecular complexity index is 745. The van der Waals surface area contributed by atoms with Gasteiger partial charge in [-0.1, -0.05) is 12.1 Å². The van der Waals surface area contributed by atoms with E-state index >= 15 is 0 Å². The van der Waals surface area contributed by atoms with Crippen LogP contribution in [0.1, 0.15) is 19.8 Å². The Labute approximate surface area is 151 Å². The van der Waals surface area contributed by atoms with Crippen molar-refractivity contribution in [3.05, 3.63) is 24.3 Å². The minimum atomic E-state index is -0.479. The first-order valence-corrected chi connectivity index (χ1v) is 8.97. The van der Waals surface area contributed by atoms with Gasteiger partial charge in [-0.3, -0.25) is 14.4 Å². The molecule has 1 aromatic rings. The van der Waals surface area contributed by atoms with E-state index < -0.39 is 30.3 Å². The minimum absolute atomic E-state index is 0.0279. The standard InChI is InChI=1S/C19H21NO6/c1-2-24-13-6-4-3-5-12(13)20-15(21)9-25-18(22)16-10-7-11-14(8-10)26-19(23)17(11)16/h3-6,10-11,14,16-17H,2,7-9H2,1H3,(H,20,21)/t10-,11+,14-,16-,17+/m1/s1. The lowest BCUT2D eigenvalue weighted by atomic mass is 9.80. The Hall–Kier alpha value is -2.57. The van der Waals surface area contributed by atoms with Gasteiger partial charge in [-0.2, -0.15) is 0 Å². The van der Waals surface area contributed by atoms with Gasteiger partial charge in [-0.25, -0.2) is 0 Å². The van der Waals surface area contributed by atoms with Gasteiger partial charge in [-0.15, -0.1) is 0 Å². The second-order valence-corrected chi connectivity index (χ2v) is 7.01. The zero-order valence-electron chi connectivity index (χ0n) is 14.5. The summed E-state index contributed by atoms with van der Waals surface area (Å²) in [5.74, 6) is -1.27. The summed E-state index contributed by atoms with van der Waals surface area (Å²) < 4.78 is 16.0. The molecule has 4 rings (SSSR count). The predicted octanol–water partition coefficient (Wildman–Crippen LogP) is 1.76. The number of carbonyl (C=O) groups is 3. The lowest BCUT2D eigenvalue weighted by Crippen LogP contribution is -2.35. The molecule has 0 spiro atoms. The molecule has 7 nitrogen and oxygen atoms in total. The van der Waals surface area contributed by atoms with E-state index in [9.17, 15) is 14.4 Å². The van der Waals surface area contributed by atoms with E-state index in [2.05, 4.69) is 5.32 Å². The van der Waals surface area contributed by atoms with Crippen molar-refractivity contribution < 1.29 is 28.6 Å². The SMILES string of the molecule is CCOc1ccccc1NC(=O)COC(=O)[C@@H]1[C@@H]2C[C@@H]3[C@@H]1C(=O)O[C@@H]3C2. The van der Waals surface area contributed by atoms with E-state index in [-0.39, 0.29) is 23.9 Å². The fourth-order valence-corrected chi connectivity index (χ4v) is 4.60. The van der Waals surface area contributed by atoms with Crippen molar-refractivity contribution in [2.75, 3.05) is 18.5 Å². The van der Waals surface area contributed by atoms with Gasteiger partial charge in [0.15, 0.2) is 6.61 Å². The molecule has 0 aromatic heterocycles. The molecule has 2 bridgehead atoms. The number of hydrogen-bond donors (Lipinski definition) is 1. The first-order chi connectivity index (χ1) is 12.6. The predicted molar refractivity (Wildman–Crippen MR) is 90.3 cm³/mol. The third-order valence-corrected chi connectivity index (χ3v) is 5.56. The van der Waals surface area contributed by atoms with Gasteiger partial charge in [0, 0.05) is 5.92 Å². The minimum Gasteiger partial charge on any atom is -0.492 e. The molecule has 3 fully saturated rings. The second kappa shape index (κ2) is 6.63. The molecule has 0 radical (unpaired) electrons. The summed E-state index contributed by atoms with van der Waals surface area (Å²) in [5.41, 5.74) is 0.525. The van der Waals surface area contributed by atoms with E-state index in [1.807, 2.05) is 13.0 Å². The lowest BCUT2D eigenvalue weighted by molar-refractivity contribution is -0.157. The molecule has 2 aliphatic carbocycles. The van der Waals surface area contributed by atoms with Crippen LogP contribution in [0.25, 0.3) is 0 Å². The highest BCUT2D eigenvalue weighted by atomic mass is 16.6. The maximum atomic E-state index is 12.5. The van der Waals surface area contributed by atoms with Gasteiger partial charge in [0.25, 0.3) is 5.91 Å². The quantitative estimate of drug-likeness (QED) is 0.779. The summed E-state index contributed by atoms with van der Waals surface area (Å²) in [4.78, 5) is 36.6. The van der Waals surface area contributed by atoms with Crippen LogP contribution in [-0.4, -0.2) is 37.2 Å². The monoisotopic (exact) mass is 359 g/mol. The maximum absolute atomic E-state index is 12.5. The molecule has 1 N–H and O–H groups in total. The number of hydrogen-bond acceptors (Lipinski definition) is 6. The van der Waals surface area contributed by atoms with E-state index in [1.54, 1.807) is 18.2 Å². The Morgan fingerprint density at radius 1 is 1.27 bits per heavy atom. The van der Waals surface area contributed by atoms with Gasteiger partial charge in [0.1, 0.15) is 11.9 Å². The Morgan fingerprint density at radius 2 is 2.08 bits per heavy atom. The summed E-state index contributed by atoms with van der Waals surface area (Å²) >= 11 is 0. The fourth-order valence-electron chi connectivity index (χ4n) is 4.60. The zero-order valence-corrected chi connectivity index (χ0v) is 14.5. The van der Waals surface area contributed by atoms with Crippen LogP contribution < -0.4 is 10.1 Å². The summed E-state index contributed by atoms with van der Waals surface area (Å²) in [5, 5.41) is 2.68. The number of carbonyl (C=O) groups excluding carboxylic acids is 3. The molecule has 26 heavy (non-hydrogen) atoms. The van der Waals surface area contributed by atoms with Crippen molar-refractivity contribution in [1.29, 1.82) is 0 Å². The van der Waals surface area contributed by atoms with E-state index in [0.717, 1.165) is 12.8 Å². The number of ether oxygens (including phenoxy) is 3. The van der Waals surface area contributed by atoms with Crippen LogP contribution in [0.2, 0.25) is 0 Å². The van der Waals surface area contributed by atoms with Crippen LogP contribution >= 0.6 is 0 Å². The first kappa shape index (κ1) is 16.9. The third-order valence-electron chi connectivity index (χ3n) is 5.56. The molecular formula is C19H21NO6. The van der Waals surface area contributed by atoms with Gasteiger partial charge in [0.2, 0.25) is 0 Å². The van der Waals surface area contributed by atoms with Crippen LogP contribution in [0, 0.1) is 23.7 Å². The van der Waals surface area contributed by atoms with Crippen LogP contribution in [0.5, 0.6) is 5.75 Å². The Kier molecular flexibility index (Phi) is 4.30. The highest BCUT2D eigenvalue weighted by molar-refractivity contribution is 5.94. The smallest absolute Gasteiger partial charge is 0.310 e. The molecular weight excluding hydrogens is 338 g/mol. The van der Waals surface area contributed by atoms with E-state index in [1.165, 1.54) is 0 Å². The molecule has 0 unspecified atom stereocenters. The molecule has 138 valence electrons. The topological polar surface area (TPSA) is 90.9 Å². The van der Waals surface area contributed by atoms with Crippen molar-refractivity contribution in [3.63, 3.8) is 0 Å². The average Bonchev–Trinajstić information content (AvgIpc) is 3.24. The third kappa shape index (κ3) is 2.81. The molecule has 1 heterocycles. The van der Waals surface area contributed by atoms with E-state index in [4.69, 9.17) is 14.2 Å². The van der Waals surface area contributed by atoms with E-state index in [0.29, 0.717) is 18.0 Å². The number of fused-ring (bicyclic) bond motifs is 1. The molecule has 7 heteroatoms. The van der Waals surface area contributed by atoms with Crippen molar-refractivity contribution in [2.24, 2.45) is 23.7 Å². The normalized spacial score (nSPS) is 30.8. The van der Waals surface area contributed by atoms with Crippen LogP contribution in [0.4, 0.5) is 5.69 Å². The number of benzene rings is 1. The van der Waals surface area contributed by atoms with Gasteiger partial charge in [0.05, 0.1) is 24.1 Å². The van der Waals surface area contributed by atoms with Crippen LogP contribution in [0.15, 0.2) is 24.3 Å². The zero-order chi connectivity index (χ0) is 18.3. The van der Waals surface area contributed by atoms with Crippen LogP contribution in [-0.2, 0) is 23.9 Å². The summed E-state index contributed by atoms with van der Waals surface area (Å²) in [6.07, 6.45) is 1.52. The van der Waals surface area contributed by atoms with Gasteiger partial charge < -0.3 is 19.5 Å². The highest BCUT2D eigenvalue weighted by Crippen LogP contribution is 2.57. The Morgan fingerprint density at radius 3 is 2.88 bits per heavy atom. The fraction of sp³-hybridized carbons (Fsp3) is 0.526. The first-order valence-electron chi connectivity index (χ1n) is 8.97. The van der Waals surface area contributed by atoms with Gasteiger partial charge in [-0.05, 0) is 37.8 Å². The average molecular weight is 359 g/mol. The summed E-state index contributed by atoms with van der Waals surface area (Å²) in [6, 6.07) is 7.06. The molecule has 1 amide bonds. The summed E-state index contributed by atoms with van der Waals surface area (Å²) in [6.45, 7) is 1.94. The van der Waals surface area contributed by atoms with Crippen molar-refractivity contribution in [2.45, 2.75) is 25.9 Å². The Balaban J connectivity index is 1.34. The number of nitrogens with one attached hydrogen (secondary N) is 1. The number of esters is 2. The number of para-hydroxylation sites is 2. The van der Waals surface area contributed by atoms with Crippen molar-refractivity contribution >= 4 is 23.5 Å². The lowest BCUT2D eigenvalue weighted by Gasteiger charge is -2.22. The van der Waals surface area contributed by atoms with Crippen molar-refractivity contribution in [3.8, 4) is 5.75 Å². The largest absolute Gasteiger partial charge is 0.492 e. The molecule has 1 aliphatic heterocycles. The maximum Gasteiger partial charge on any atom is 0.310 e. The number of amides is 1. The van der Waals surface area contributed by atoms with Crippen LogP contribution in [0.3, 0.4) is 0 Å². The molecule has 5 atom stereocenters. The molecule has 1 saturated heterocycles. The van der Waals surface area contributed by atoms with Gasteiger partial charge >= 0.3 is 11.9 Å². The molecule has 3 aliphatic rings. The number of anilines is 1. The highest BCUT2D eigenvalue weighted by Gasteiger charge is 2.64. The molecule has 2 saturated carbocycles. The van der Waals surface area contributed by atoms with Crippen molar-refractivity contribution in [1.82, 2.24) is 0 Å².